The number of allylic oxidation sites excluding steroid dienone is 1. The van der Waals surface area contributed by atoms with Crippen LogP contribution in [-0.2, 0) is 0 Å². The molecular formula is C15H15FO2. The molecule has 0 radical (unpaired) electrons. The molecule has 1 atom stereocenters. The van der Waals surface area contributed by atoms with E-state index in [0.717, 1.165) is 42.4 Å². The molecule has 1 unspecified atom stereocenters. The number of furan rings is 1. The van der Waals surface area contributed by atoms with Crippen LogP contribution >= 0.6 is 0 Å². The fraction of sp³-hybridized carbons (Fsp3) is 0.333. The van der Waals surface area contributed by atoms with E-state index in [2.05, 4.69) is 0 Å². The first-order chi connectivity index (χ1) is 8.72. The summed E-state index contributed by atoms with van der Waals surface area (Å²) in [5, 5.41) is 10.5. The second-order valence-corrected chi connectivity index (χ2v) is 4.80. The number of rotatable bonds is 1. The summed E-state index contributed by atoms with van der Waals surface area (Å²) in [6.45, 7) is 0. The maximum atomic E-state index is 13.1. The fourth-order valence-corrected chi connectivity index (χ4v) is 2.45. The molecule has 1 aromatic carbocycles. The third kappa shape index (κ3) is 2.18. The summed E-state index contributed by atoms with van der Waals surface area (Å²) in [7, 11) is 0. The Bertz CT molecular complexity index is 598. The molecule has 3 heteroatoms. The van der Waals surface area contributed by atoms with Crippen LogP contribution in [0.5, 0.6) is 0 Å². The van der Waals surface area contributed by atoms with Gasteiger partial charge in [0, 0.05) is 5.39 Å². The Balaban J connectivity index is 2.03. The van der Waals surface area contributed by atoms with Gasteiger partial charge in [-0.3, -0.25) is 0 Å². The molecule has 2 nitrogen and oxygen atoms in total. The van der Waals surface area contributed by atoms with Crippen LogP contribution in [0.25, 0.3) is 16.5 Å². The minimum absolute atomic E-state index is 0.260. The number of hydrogen-bond donors (Lipinski definition) is 1. The minimum atomic E-state index is -0.396. The Morgan fingerprint density at radius 3 is 3.00 bits per heavy atom. The van der Waals surface area contributed by atoms with Gasteiger partial charge in [0.2, 0.25) is 0 Å². The summed E-state index contributed by atoms with van der Waals surface area (Å²) in [6.07, 6.45) is 5.25. The summed E-state index contributed by atoms with van der Waals surface area (Å²) in [6, 6.07) is 6.35. The maximum Gasteiger partial charge on any atom is 0.135 e. The van der Waals surface area contributed by atoms with Crippen molar-refractivity contribution >= 4 is 16.5 Å². The molecule has 2 aromatic rings. The number of aliphatic hydroxyl groups excluding tert-OH is 1. The van der Waals surface area contributed by atoms with E-state index in [-0.39, 0.29) is 5.82 Å². The van der Waals surface area contributed by atoms with E-state index in [4.69, 9.17) is 4.42 Å². The van der Waals surface area contributed by atoms with Crippen molar-refractivity contribution < 1.29 is 13.9 Å². The Hall–Kier alpha value is -1.61. The summed E-state index contributed by atoms with van der Waals surface area (Å²) >= 11 is 0. The first-order valence-electron chi connectivity index (χ1n) is 6.30. The highest BCUT2D eigenvalue weighted by Gasteiger charge is 2.14. The van der Waals surface area contributed by atoms with Gasteiger partial charge in [0.15, 0.2) is 0 Å². The van der Waals surface area contributed by atoms with E-state index < -0.39 is 6.10 Å². The largest absolute Gasteiger partial charge is 0.456 e. The lowest BCUT2D eigenvalue weighted by Crippen LogP contribution is -1.99. The molecule has 1 heterocycles. The Labute approximate surface area is 105 Å². The van der Waals surface area contributed by atoms with Gasteiger partial charge < -0.3 is 9.52 Å². The molecular weight excluding hydrogens is 231 g/mol. The van der Waals surface area contributed by atoms with Crippen LogP contribution in [0.2, 0.25) is 0 Å². The van der Waals surface area contributed by atoms with Crippen LogP contribution in [0, 0.1) is 5.82 Å². The molecule has 3 rings (SSSR count). The summed E-state index contributed by atoms with van der Waals surface area (Å²) in [5.74, 6) is 0.487. The Morgan fingerprint density at radius 1 is 1.22 bits per heavy atom. The van der Waals surface area contributed by atoms with Crippen molar-refractivity contribution in [1.82, 2.24) is 0 Å². The van der Waals surface area contributed by atoms with Gasteiger partial charge in [0.25, 0.3) is 0 Å². The molecule has 94 valence electrons. The van der Waals surface area contributed by atoms with Crippen molar-refractivity contribution in [3.05, 3.63) is 41.9 Å². The fourth-order valence-electron chi connectivity index (χ4n) is 2.45. The first-order valence-corrected chi connectivity index (χ1v) is 6.30. The zero-order valence-electron chi connectivity index (χ0n) is 10.0. The highest BCUT2D eigenvalue weighted by atomic mass is 19.1. The predicted octanol–water partition coefficient (Wildman–Crippen LogP) is 3.89. The molecule has 0 saturated heterocycles. The lowest BCUT2D eigenvalue weighted by Gasteiger charge is -2.02. The molecule has 0 fully saturated rings. The third-order valence-electron chi connectivity index (χ3n) is 3.38. The zero-order valence-corrected chi connectivity index (χ0v) is 10.0. The van der Waals surface area contributed by atoms with Gasteiger partial charge in [-0.2, -0.15) is 0 Å². The van der Waals surface area contributed by atoms with Crippen LogP contribution in [0.15, 0.2) is 34.8 Å². The highest BCUT2D eigenvalue weighted by molar-refractivity contribution is 5.82. The molecule has 18 heavy (non-hydrogen) atoms. The van der Waals surface area contributed by atoms with E-state index in [1.165, 1.54) is 12.1 Å². The summed E-state index contributed by atoms with van der Waals surface area (Å²) < 4.78 is 18.8. The van der Waals surface area contributed by atoms with Crippen molar-refractivity contribution in [2.24, 2.45) is 0 Å². The number of benzene rings is 1. The number of aliphatic hydroxyl groups is 1. The van der Waals surface area contributed by atoms with Crippen LogP contribution in [0.1, 0.15) is 31.4 Å². The third-order valence-corrected chi connectivity index (χ3v) is 3.38. The highest BCUT2D eigenvalue weighted by Crippen LogP contribution is 2.30. The second-order valence-electron chi connectivity index (χ2n) is 4.80. The molecule has 1 N–H and O–H groups in total. The van der Waals surface area contributed by atoms with Gasteiger partial charge in [0.05, 0.1) is 6.10 Å². The predicted molar refractivity (Wildman–Crippen MR) is 68.6 cm³/mol. The molecule has 1 aliphatic rings. The SMILES string of the molecule is OC1C=C(c2cc3cc(F)ccc3o2)CCCC1. The maximum absolute atomic E-state index is 13.1. The quantitative estimate of drug-likeness (QED) is 0.828. The molecule has 0 amide bonds. The van der Waals surface area contributed by atoms with Gasteiger partial charge in [-0.05, 0) is 55.2 Å². The smallest absolute Gasteiger partial charge is 0.135 e. The van der Waals surface area contributed by atoms with Gasteiger partial charge in [0.1, 0.15) is 17.2 Å². The number of halogens is 1. The lowest BCUT2D eigenvalue weighted by molar-refractivity contribution is 0.211. The van der Waals surface area contributed by atoms with Crippen molar-refractivity contribution in [3.8, 4) is 0 Å². The normalized spacial score (nSPS) is 20.8. The minimum Gasteiger partial charge on any atom is -0.456 e. The second kappa shape index (κ2) is 4.58. The monoisotopic (exact) mass is 246 g/mol. The van der Waals surface area contributed by atoms with Crippen LogP contribution in [-0.4, -0.2) is 11.2 Å². The van der Waals surface area contributed by atoms with Crippen LogP contribution < -0.4 is 0 Å². The van der Waals surface area contributed by atoms with Crippen molar-refractivity contribution in [2.75, 3.05) is 0 Å². The average molecular weight is 246 g/mol. The van der Waals surface area contributed by atoms with E-state index in [1.807, 2.05) is 12.1 Å². The van der Waals surface area contributed by atoms with E-state index in [9.17, 15) is 9.50 Å². The van der Waals surface area contributed by atoms with E-state index in [1.54, 1.807) is 6.07 Å². The lowest BCUT2D eigenvalue weighted by atomic mass is 10.1. The average Bonchev–Trinajstić information content (AvgIpc) is 2.63. The van der Waals surface area contributed by atoms with Gasteiger partial charge in [-0.25, -0.2) is 4.39 Å². The van der Waals surface area contributed by atoms with Gasteiger partial charge in [-0.15, -0.1) is 0 Å². The van der Waals surface area contributed by atoms with Crippen molar-refractivity contribution in [2.45, 2.75) is 31.8 Å². The first kappa shape index (κ1) is 11.5. The van der Waals surface area contributed by atoms with Gasteiger partial charge in [-0.1, -0.05) is 6.42 Å². The van der Waals surface area contributed by atoms with Crippen LogP contribution in [0.4, 0.5) is 4.39 Å². The van der Waals surface area contributed by atoms with Gasteiger partial charge >= 0.3 is 0 Å². The van der Waals surface area contributed by atoms with Crippen LogP contribution in [0.3, 0.4) is 0 Å². The summed E-state index contributed by atoms with van der Waals surface area (Å²) in [4.78, 5) is 0. The molecule has 0 spiro atoms. The number of hydrogen-bond acceptors (Lipinski definition) is 2. The Kier molecular flexibility index (Phi) is 2.92. The molecule has 0 saturated carbocycles. The summed E-state index contributed by atoms with van der Waals surface area (Å²) in [5.41, 5.74) is 1.71. The molecule has 0 aliphatic heterocycles. The standard InChI is InChI=1S/C15H15FO2/c16-12-5-6-14-11(7-12)9-15(18-14)10-3-1-2-4-13(17)8-10/h5-9,13,17H,1-4H2. The van der Waals surface area contributed by atoms with E-state index in [0.29, 0.717) is 5.58 Å². The molecule has 1 aliphatic carbocycles. The van der Waals surface area contributed by atoms with Crippen molar-refractivity contribution in [1.29, 1.82) is 0 Å². The molecule has 0 bridgehead atoms. The van der Waals surface area contributed by atoms with Crippen molar-refractivity contribution in [3.63, 3.8) is 0 Å². The number of fused-ring (bicyclic) bond motifs is 1. The zero-order chi connectivity index (χ0) is 12.5. The van der Waals surface area contributed by atoms with E-state index >= 15 is 0 Å². The Morgan fingerprint density at radius 2 is 2.11 bits per heavy atom. The topological polar surface area (TPSA) is 33.4 Å². The molecule has 1 aromatic heterocycles.